The van der Waals surface area contributed by atoms with Gasteiger partial charge in [0.2, 0.25) is 0 Å². The van der Waals surface area contributed by atoms with Gasteiger partial charge < -0.3 is 5.32 Å². The van der Waals surface area contributed by atoms with E-state index in [0.717, 1.165) is 37.8 Å². The maximum absolute atomic E-state index is 12.3. The number of hydrogen-bond donors (Lipinski definition) is 1. The van der Waals surface area contributed by atoms with E-state index in [9.17, 15) is 4.79 Å². The van der Waals surface area contributed by atoms with Gasteiger partial charge in [-0.05, 0) is 74.8 Å². The van der Waals surface area contributed by atoms with Crippen molar-refractivity contribution in [3.8, 4) is 6.07 Å². The third-order valence-electron chi connectivity index (χ3n) is 5.03. The molecule has 0 spiro atoms. The molecule has 1 amide bonds. The average Bonchev–Trinajstić information content (AvgIpc) is 2.64. The second-order valence-electron chi connectivity index (χ2n) is 7.01. The molecule has 1 aromatic carbocycles. The highest BCUT2D eigenvalue weighted by Gasteiger charge is 2.23. The van der Waals surface area contributed by atoms with E-state index in [2.05, 4.69) is 16.4 Å². The van der Waals surface area contributed by atoms with Gasteiger partial charge in [-0.2, -0.15) is 5.26 Å². The predicted molar refractivity (Wildman–Crippen MR) is 102 cm³/mol. The minimum atomic E-state index is -0.0418. The molecule has 26 heavy (non-hydrogen) atoms. The van der Waals surface area contributed by atoms with Crippen LogP contribution < -0.4 is 5.32 Å². The number of nitriles is 1. The molecule has 2 aromatic rings. The second-order valence-corrected chi connectivity index (χ2v) is 7.42. The van der Waals surface area contributed by atoms with E-state index in [0.29, 0.717) is 22.1 Å². The Morgan fingerprint density at radius 2 is 2.04 bits per heavy atom. The number of aromatic nitrogens is 1. The van der Waals surface area contributed by atoms with Gasteiger partial charge in [-0.3, -0.25) is 9.78 Å². The molecule has 1 aliphatic rings. The van der Waals surface area contributed by atoms with Gasteiger partial charge in [0.1, 0.15) is 6.07 Å². The Kier molecular flexibility index (Phi) is 5.90. The zero-order valence-corrected chi connectivity index (χ0v) is 15.6. The fourth-order valence-electron chi connectivity index (χ4n) is 3.49. The molecular formula is C21H22ClN3O. The standard InChI is InChI=1S/C21H22ClN3O/c1-14-2-6-18(13-24-14)21(26)25-19-8-4-15(5-9-19)10-16-3-7-17(12-23)20(22)11-16/h2-3,6-7,11,13,15,19H,4-5,8-10H2,1H3,(H,25,26)/t15-,19-. The Morgan fingerprint density at radius 1 is 1.27 bits per heavy atom. The van der Waals surface area contributed by atoms with Crippen molar-refractivity contribution < 1.29 is 4.79 Å². The van der Waals surface area contributed by atoms with Crippen LogP contribution in [0.5, 0.6) is 0 Å². The molecule has 1 saturated carbocycles. The fourth-order valence-corrected chi connectivity index (χ4v) is 3.74. The number of halogens is 1. The molecule has 1 aromatic heterocycles. The zero-order chi connectivity index (χ0) is 18.5. The minimum Gasteiger partial charge on any atom is -0.349 e. The molecule has 0 saturated heterocycles. The lowest BCUT2D eigenvalue weighted by Gasteiger charge is -2.29. The van der Waals surface area contributed by atoms with Crippen LogP contribution in [0.2, 0.25) is 5.02 Å². The van der Waals surface area contributed by atoms with E-state index in [-0.39, 0.29) is 11.9 Å². The Balaban J connectivity index is 1.49. The average molecular weight is 368 g/mol. The van der Waals surface area contributed by atoms with Crippen molar-refractivity contribution >= 4 is 17.5 Å². The Hall–Kier alpha value is -2.38. The van der Waals surface area contributed by atoms with Crippen molar-refractivity contribution in [2.24, 2.45) is 5.92 Å². The lowest BCUT2D eigenvalue weighted by molar-refractivity contribution is 0.0921. The molecule has 134 valence electrons. The maximum atomic E-state index is 12.3. The second kappa shape index (κ2) is 8.33. The molecule has 1 heterocycles. The number of hydrogen-bond acceptors (Lipinski definition) is 3. The van der Waals surface area contributed by atoms with Crippen LogP contribution in [0.1, 0.15) is 52.9 Å². The number of aryl methyl sites for hydroxylation is 1. The smallest absolute Gasteiger partial charge is 0.253 e. The first-order chi connectivity index (χ1) is 12.5. The van der Waals surface area contributed by atoms with E-state index in [1.807, 2.05) is 31.2 Å². The Morgan fingerprint density at radius 3 is 2.65 bits per heavy atom. The summed E-state index contributed by atoms with van der Waals surface area (Å²) in [5.74, 6) is 0.549. The number of carbonyl (C=O) groups is 1. The van der Waals surface area contributed by atoms with Gasteiger partial charge in [-0.25, -0.2) is 0 Å². The van der Waals surface area contributed by atoms with Crippen LogP contribution in [0.15, 0.2) is 36.5 Å². The van der Waals surface area contributed by atoms with Crippen molar-refractivity contribution in [2.45, 2.75) is 45.1 Å². The van der Waals surface area contributed by atoms with Crippen LogP contribution >= 0.6 is 11.6 Å². The third kappa shape index (κ3) is 4.62. The minimum absolute atomic E-state index is 0.0418. The molecule has 0 aliphatic heterocycles. The van der Waals surface area contributed by atoms with Crippen molar-refractivity contribution in [3.63, 3.8) is 0 Å². The molecule has 1 fully saturated rings. The summed E-state index contributed by atoms with van der Waals surface area (Å²) in [4.78, 5) is 16.5. The quantitative estimate of drug-likeness (QED) is 0.868. The number of pyridine rings is 1. The number of benzene rings is 1. The molecule has 1 N–H and O–H groups in total. The first-order valence-electron chi connectivity index (χ1n) is 8.97. The summed E-state index contributed by atoms with van der Waals surface area (Å²) in [6, 6.07) is 11.7. The molecular weight excluding hydrogens is 346 g/mol. The van der Waals surface area contributed by atoms with Gasteiger partial charge in [0.25, 0.3) is 5.91 Å². The number of nitrogens with one attached hydrogen (secondary N) is 1. The van der Waals surface area contributed by atoms with Gasteiger partial charge in [-0.1, -0.05) is 17.7 Å². The largest absolute Gasteiger partial charge is 0.349 e. The van der Waals surface area contributed by atoms with Crippen LogP contribution in [0, 0.1) is 24.2 Å². The number of nitrogens with zero attached hydrogens (tertiary/aromatic N) is 2. The molecule has 0 unspecified atom stereocenters. The summed E-state index contributed by atoms with van der Waals surface area (Å²) in [7, 11) is 0. The highest BCUT2D eigenvalue weighted by atomic mass is 35.5. The van der Waals surface area contributed by atoms with E-state index in [4.69, 9.17) is 16.9 Å². The van der Waals surface area contributed by atoms with Gasteiger partial charge in [0.05, 0.1) is 16.1 Å². The summed E-state index contributed by atoms with van der Waals surface area (Å²) >= 11 is 6.12. The fraction of sp³-hybridized carbons (Fsp3) is 0.381. The van der Waals surface area contributed by atoms with Crippen LogP contribution in [0.4, 0.5) is 0 Å². The van der Waals surface area contributed by atoms with Crippen molar-refractivity contribution in [1.82, 2.24) is 10.3 Å². The van der Waals surface area contributed by atoms with Crippen molar-refractivity contribution in [3.05, 3.63) is 63.9 Å². The Bertz CT molecular complexity index is 818. The van der Waals surface area contributed by atoms with Gasteiger partial charge in [0, 0.05) is 17.9 Å². The predicted octanol–water partition coefficient (Wildman–Crippen LogP) is 4.45. The third-order valence-corrected chi connectivity index (χ3v) is 5.35. The highest BCUT2D eigenvalue weighted by Crippen LogP contribution is 2.29. The van der Waals surface area contributed by atoms with Crippen LogP contribution in [-0.4, -0.2) is 16.9 Å². The van der Waals surface area contributed by atoms with Crippen LogP contribution in [0.3, 0.4) is 0 Å². The van der Waals surface area contributed by atoms with Crippen LogP contribution in [0.25, 0.3) is 0 Å². The maximum Gasteiger partial charge on any atom is 0.253 e. The van der Waals surface area contributed by atoms with E-state index < -0.39 is 0 Å². The lowest BCUT2D eigenvalue weighted by atomic mass is 9.82. The molecule has 0 radical (unpaired) electrons. The Labute approximate surface area is 159 Å². The summed E-state index contributed by atoms with van der Waals surface area (Å²) in [6.07, 6.45) is 6.72. The topological polar surface area (TPSA) is 65.8 Å². The van der Waals surface area contributed by atoms with E-state index >= 15 is 0 Å². The van der Waals surface area contributed by atoms with E-state index in [1.165, 1.54) is 5.56 Å². The summed E-state index contributed by atoms with van der Waals surface area (Å²) in [5, 5.41) is 12.6. The molecule has 1 aliphatic carbocycles. The molecule has 5 heteroatoms. The SMILES string of the molecule is Cc1ccc(C(=O)N[C@H]2CC[C@H](Cc3ccc(C#N)c(Cl)c3)CC2)cn1. The molecule has 0 atom stereocenters. The van der Waals surface area contributed by atoms with E-state index in [1.54, 1.807) is 12.3 Å². The first-order valence-corrected chi connectivity index (χ1v) is 9.35. The zero-order valence-electron chi connectivity index (χ0n) is 14.8. The molecule has 0 bridgehead atoms. The van der Waals surface area contributed by atoms with Gasteiger partial charge >= 0.3 is 0 Å². The number of rotatable bonds is 4. The lowest BCUT2D eigenvalue weighted by Crippen LogP contribution is -2.37. The van der Waals surface area contributed by atoms with Crippen molar-refractivity contribution in [2.75, 3.05) is 0 Å². The number of amides is 1. The molecule has 4 nitrogen and oxygen atoms in total. The first kappa shape index (κ1) is 18.4. The molecule has 3 rings (SSSR count). The summed E-state index contributed by atoms with van der Waals surface area (Å²) < 4.78 is 0. The van der Waals surface area contributed by atoms with Crippen molar-refractivity contribution in [1.29, 1.82) is 5.26 Å². The highest BCUT2D eigenvalue weighted by molar-refractivity contribution is 6.31. The summed E-state index contributed by atoms with van der Waals surface area (Å²) in [6.45, 7) is 1.91. The normalized spacial score (nSPS) is 19.6. The van der Waals surface area contributed by atoms with Crippen LogP contribution in [-0.2, 0) is 6.42 Å². The monoisotopic (exact) mass is 367 g/mol. The number of carbonyl (C=O) groups excluding carboxylic acids is 1. The van der Waals surface area contributed by atoms with Gasteiger partial charge in [-0.15, -0.1) is 0 Å². The summed E-state index contributed by atoms with van der Waals surface area (Å²) in [5.41, 5.74) is 3.22. The van der Waals surface area contributed by atoms with Gasteiger partial charge in [0.15, 0.2) is 0 Å².